The Hall–Kier alpha value is -2.15. The number of hydrogen-bond donors (Lipinski definition) is 0. The fourth-order valence-corrected chi connectivity index (χ4v) is 1.77. The minimum Gasteiger partial charge on any atom is -0.272 e. The van der Waals surface area contributed by atoms with Crippen molar-refractivity contribution < 1.29 is 0 Å². The van der Waals surface area contributed by atoms with Crippen molar-refractivity contribution in [1.29, 1.82) is 0 Å². The summed E-state index contributed by atoms with van der Waals surface area (Å²) >= 11 is 0. The molecule has 0 aliphatic heterocycles. The van der Waals surface area contributed by atoms with Gasteiger partial charge in [-0.2, -0.15) is 0 Å². The summed E-state index contributed by atoms with van der Waals surface area (Å²) in [7, 11) is 0. The SMILES string of the molecule is C=C/C(=C\C)c1cccc(C(/C=C\N=C)=C/C)c1. The highest BCUT2D eigenvalue weighted by molar-refractivity contribution is 5.79. The van der Waals surface area contributed by atoms with E-state index < -0.39 is 0 Å². The van der Waals surface area contributed by atoms with Crippen LogP contribution in [0.15, 0.2) is 66.3 Å². The van der Waals surface area contributed by atoms with Crippen LogP contribution in [0.1, 0.15) is 25.0 Å². The van der Waals surface area contributed by atoms with E-state index in [1.165, 1.54) is 5.56 Å². The highest BCUT2D eigenvalue weighted by Crippen LogP contribution is 2.22. The summed E-state index contributed by atoms with van der Waals surface area (Å²) in [4.78, 5) is 3.74. The molecule has 0 aliphatic rings. The fourth-order valence-electron chi connectivity index (χ4n) is 1.77. The minimum absolute atomic E-state index is 1.13. The van der Waals surface area contributed by atoms with Crippen molar-refractivity contribution in [2.24, 2.45) is 4.99 Å². The molecule has 1 nitrogen and oxygen atoms in total. The third-order valence-corrected chi connectivity index (χ3v) is 2.73. The van der Waals surface area contributed by atoms with E-state index in [2.05, 4.69) is 54.7 Å². The summed E-state index contributed by atoms with van der Waals surface area (Å²) < 4.78 is 0. The summed E-state index contributed by atoms with van der Waals surface area (Å²) in [6.45, 7) is 11.3. The number of aliphatic imine (C=N–C) groups is 1. The van der Waals surface area contributed by atoms with Crippen LogP contribution in [-0.4, -0.2) is 6.72 Å². The van der Waals surface area contributed by atoms with E-state index in [0.29, 0.717) is 0 Å². The molecule has 1 aromatic carbocycles. The van der Waals surface area contributed by atoms with E-state index >= 15 is 0 Å². The highest BCUT2D eigenvalue weighted by atomic mass is 14.6. The van der Waals surface area contributed by atoms with Crippen molar-refractivity contribution >= 4 is 17.9 Å². The number of benzene rings is 1. The summed E-state index contributed by atoms with van der Waals surface area (Å²) in [5.41, 5.74) is 4.60. The third kappa shape index (κ3) is 3.42. The van der Waals surface area contributed by atoms with Crippen molar-refractivity contribution in [3.8, 4) is 0 Å². The van der Waals surface area contributed by atoms with Gasteiger partial charge in [0.05, 0.1) is 0 Å². The molecule has 1 aromatic rings. The first-order chi connectivity index (χ1) is 8.76. The number of hydrogen-bond acceptors (Lipinski definition) is 1. The Morgan fingerprint density at radius 2 is 1.72 bits per heavy atom. The van der Waals surface area contributed by atoms with Crippen molar-refractivity contribution in [3.63, 3.8) is 0 Å². The van der Waals surface area contributed by atoms with E-state index in [-0.39, 0.29) is 0 Å². The molecule has 0 saturated carbocycles. The maximum absolute atomic E-state index is 3.83. The molecule has 0 fully saturated rings. The first-order valence-corrected chi connectivity index (χ1v) is 5.95. The molecule has 0 heterocycles. The van der Waals surface area contributed by atoms with Crippen LogP contribution in [0.4, 0.5) is 0 Å². The van der Waals surface area contributed by atoms with E-state index in [1.54, 1.807) is 6.20 Å². The highest BCUT2D eigenvalue weighted by Gasteiger charge is 2.01. The van der Waals surface area contributed by atoms with Gasteiger partial charge in [0.25, 0.3) is 0 Å². The van der Waals surface area contributed by atoms with Crippen LogP contribution >= 0.6 is 0 Å². The van der Waals surface area contributed by atoms with Gasteiger partial charge in [-0.15, -0.1) is 0 Å². The molecule has 92 valence electrons. The molecule has 0 spiro atoms. The first-order valence-electron chi connectivity index (χ1n) is 5.95. The normalized spacial score (nSPS) is 12.8. The maximum Gasteiger partial charge on any atom is 0.0266 e. The van der Waals surface area contributed by atoms with Crippen LogP contribution in [0.5, 0.6) is 0 Å². The molecule has 0 saturated heterocycles. The Labute approximate surface area is 110 Å². The summed E-state index contributed by atoms with van der Waals surface area (Å²) in [6, 6.07) is 8.38. The standard InChI is InChI=1S/C17H19N/c1-5-14(6-2)16-9-8-10-17(13-16)15(7-3)11-12-18-4/h5-13H,1,4H2,2-3H3/b12-11-,14-6+,15-7+. The summed E-state index contributed by atoms with van der Waals surface area (Å²) in [5.74, 6) is 0. The second-order valence-corrected chi connectivity index (χ2v) is 3.77. The van der Waals surface area contributed by atoms with Gasteiger partial charge in [-0.05, 0) is 55.0 Å². The van der Waals surface area contributed by atoms with Gasteiger partial charge in [-0.25, -0.2) is 0 Å². The number of nitrogens with zero attached hydrogens (tertiary/aromatic N) is 1. The average molecular weight is 237 g/mol. The van der Waals surface area contributed by atoms with E-state index in [9.17, 15) is 0 Å². The predicted octanol–water partition coefficient (Wildman–Crippen LogP) is 4.89. The zero-order chi connectivity index (χ0) is 13.4. The van der Waals surface area contributed by atoms with Crippen LogP contribution in [0.3, 0.4) is 0 Å². The minimum atomic E-state index is 1.13. The third-order valence-electron chi connectivity index (χ3n) is 2.73. The van der Waals surface area contributed by atoms with E-state index in [0.717, 1.165) is 16.7 Å². The largest absolute Gasteiger partial charge is 0.272 e. The monoisotopic (exact) mass is 237 g/mol. The Bertz CT molecular complexity index is 516. The summed E-state index contributed by atoms with van der Waals surface area (Å²) in [6.07, 6.45) is 9.64. The number of allylic oxidation sites excluding steroid dienone is 6. The lowest BCUT2D eigenvalue weighted by molar-refractivity contribution is 1.53. The van der Waals surface area contributed by atoms with Crippen molar-refractivity contribution in [3.05, 3.63) is 72.5 Å². The van der Waals surface area contributed by atoms with Gasteiger partial charge in [0.2, 0.25) is 0 Å². The average Bonchev–Trinajstić information content (AvgIpc) is 2.42. The lowest BCUT2D eigenvalue weighted by Crippen LogP contribution is -1.85. The molecular formula is C17H19N. The predicted molar refractivity (Wildman–Crippen MR) is 82.6 cm³/mol. The van der Waals surface area contributed by atoms with Gasteiger partial charge in [0.1, 0.15) is 0 Å². The molecule has 0 atom stereocenters. The molecule has 0 aromatic heterocycles. The molecule has 0 bridgehead atoms. The van der Waals surface area contributed by atoms with Crippen molar-refractivity contribution in [2.75, 3.05) is 0 Å². The molecule has 1 heteroatoms. The quantitative estimate of drug-likeness (QED) is 0.510. The Morgan fingerprint density at radius 3 is 2.22 bits per heavy atom. The molecule has 0 amide bonds. The smallest absolute Gasteiger partial charge is 0.0266 e. The molecule has 1 rings (SSSR count). The number of rotatable bonds is 5. The van der Waals surface area contributed by atoms with E-state index in [4.69, 9.17) is 0 Å². The van der Waals surface area contributed by atoms with Gasteiger partial charge in [-0.1, -0.05) is 43.0 Å². The van der Waals surface area contributed by atoms with Crippen LogP contribution in [0.2, 0.25) is 0 Å². The van der Waals surface area contributed by atoms with Crippen LogP contribution < -0.4 is 0 Å². The first kappa shape index (κ1) is 13.9. The van der Waals surface area contributed by atoms with Crippen molar-refractivity contribution in [1.82, 2.24) is 0 Å². The molecule has 18 heavy (non-hydrogen) atoms. The second-order valence-electron chi connectivity index (χ2n) is 3.77. The lowest BCUT2D eigenvalue weighted by Gasteiger charge is -2.06. The Kier molecular flexibility index (Phi) is 5.59. The fraction of sp³-hybridized carbons (Fsp3) is 0.118. The second kappa shape index (κ2) is 7.23. The van der Waals surface area contributed by atoms with Gasteiger partial charge in [0.15, 0.2) is 0 Å². The van der Waals surface area contributed by atoms with Gasteiger partial charge < -0.3 is 0 Å². The molecule has 0 radical (unpaired) electrons. The zero-order valence-electron chi connectivity index (χ0n) is 11.1. The van der Waals surface area contributed by atoms with Crippen LogP contribution in [0, 0.1) is 0 Å². The van der Waals surface area contributed by atoms with Crippen molar-refractivity contribution in [2.45, 2.75) is 13.8 Å². The molecule has 0 aliphatic carbocycles. The van der Waals surface area contributed by atoms with Crippen LogP contribution in [0.25, 0.3) is 11.1 Å². The van der Waals surface area contributed by atoms with E-state index in [1.807, 2.05) is 26.0 Å². The lowest BCUT2D eigenvalue weighted by atomic mass is 9.99. The Balaban J connectivity index is 3.19. The zero-order valence-corrected chi connectivity index (χ0v) is 11.1. The Morgan fingerprint density at radius 1 is 1.11 bits per heavy atom. The van der Waals surface area contributed by atoms with Crippen LogP contribution in [-0.2, 0) is 0 Å². The van der Waals surface area contributed by atoms with Gasteiger partial charge >= 0.3 is 0 Å². The maximum atomic E-state index is 3.83. The molecular weight excluding hydrogens is 218 g/mol. The van der Waals surface area contributed by atoms with Gasteiger partial charge in [0, 0.05) is 6.20 Å². The van der Waals surface area contributed by atoms with Gasteiger partial charge in [-0.3, -0.25) is 4.99 Å². The topological polar surface area (TPSA) is 12.4 Å². The summed E-state index contributed by atoms with van der Waals surface area (Å²) in [5, 5.41) is 0. The molecule has 0 unspecified atom stereocenters. The molecule has 0 N–H and O–H groups in total.